The van der Waals surface area contributed by atoms with Gasteiger partial charge in [0.15, 0.2) is 0 Å². The van der Waals surface area contributed by atoms with E-state index in [1.807, 2.05) is 44.2 Å². The summed E-state index contributed by atoms with van der Waals surface area (Å²) in [6.45, 7) is 3.55. The van der Waals surface area contributed by atoms with Crippen LogP contribution in [0, 0.1) is 13.8 Å². The number of anilines is 1. The first-order valence-electron chi connectivity index (χ1n) is 10.00. The van der Waals surface area contributed by atoms with E-state index in [-0.39, 0.29) is 11.4 Å². The molecule has 0 aliphatic carbocycles. The summed E-state index contributed by atoms with van der Waals surface area (Å²) in [5, 5.41) is 2.52. The van der Waals surface area contributed by atoms with E-state index in [1.165, 1.54) is 0 Å². The number of benzene rings is 2. The van der Waals surface area contributed by atoms with Gasteiger partial charge in [-0.2, -0.15) is 0 Å². The molecule has 1 fully saturated rings. The number of thioether (sulfide) groups is 1. The number of rotatable bonds is 5. The second-order valence-corrected chi connectivity index (χ2v) is 9.66. The first-order chi connectivity index (χ1) is 15.8. The van der Waals surface area contributed by atoms with Gasteiger partial charge in [0.2, 0.25) is 5.91 Å². The normalized spacial score (nSPS) is 14.9. The maximum absolute atomic E-state index is 12.9. The number of para-hydroxylation sites is 2. The highest BCUT2D eigenvalue weighted by Crippen LogP contribution is 2.34. The minimum absolute atomic E-state index is 0.276. The van der Waals surface area contributed by atoms with E-state index in [2.05, 4.69) is 25.8 Å². The fraction of sp³-hybridized carbons (Fsp3) is 0.125. The molecule has 0 bridgehead atoms. The van der Waals surface area contributed by atoms with Gasteiger partial charge < -0.3 is 9.88 Å². The lowest BCUT2D eigenvalue weighted by molar-refractivity contribution is -0.127. The maximum Gasteiger partial charge on any atom is 0.294 e. The summed E-state index contributed by atoms with van der Waals surface area (Å²) in [6, 6.07) is 16.6. The van der Waals surface area contributed by atoms with Crippen molar-refractivity contribution < 1.29 is 14.4 Å². The molecule has 2 heterocycles. The molecule has 1 saturated heterocycles. The molecule has 0 unspecified atom stereocenters. The zero-order chi connectivity index (χ0) is 23.7. The Morgan fingerprint density at radius 1 is 1.12 bits per heavy atom. The highest BCUT2D eigenvalue weighted by Gasteiger charge is 2.36. The van der Waals surface area contributed by atoms with Crippen LogP contribution in [0.1, 0.15) is 17.0 Å². The molecule has 1 aliphatic rings. The van der Waals surface area contributed by atoms with Gasteiger partial charge in [0.05, 0.1) is 21.3 Å². The molecule has 1 aromatic heterocycles. The van der Waals surface area contributed by atoms with E-state index in [0.717, 1.165) is 43.8 Å². The summed E-state index contributed by atoms with van der Waals surface area (Å²) in [4.78, 5) is 39.0. The molecule has 3 aromatic rings. The number of amides is 3. The predicted molar refractivity (Wildman–Crippen MR) is 136 cm³/mol. The summed E-state index contributed by atoms with van der Waals surface area (Å²) >= 11 is 10.5. The Morgan fingerprint density at radius 2 is 1.82 bits per heavy atom. The number of hydrogen-bond acceptors (Lipinski definition) is 4. The lowest BCUT2D eigenvalue weighted by Gasteiger charge is -2.13. The average Bonchev–Trinajstić information content (AvgIpc) is 3.19. The Kier molecular flexibility index (Phi) is 6.78. The lowest BCUT2D eigenvalue weighted by atomic mass is 10.2. The van der Waals surface area contributed by atoms with Crippen LogP contribution in [0.2, 0.25) is 5.02 Å². The third-order valence-corrected chi connectivity index (χ3v) is 7.08. The highest BCUT2D eigenvalue weighted by atomic mass is 79.9. The van der Waals surface area contributed by atoms with E-state index in [9.17, 15) is 14.4 Å². The van der Waals surface area contributed by atoms with Gasteiger partial charge in [0, 0.05) is 15.9 Å². The summed E-state index contributed by atoms with van der Waals surface area (Å²) in [7, 11) is 0. The van der Waals surface area contributed by atoms with Gasteiger partial charge in [-0.25, -0.2) is 0 Å². The SMILES string of the molecule is Cc1cc(/C=C2/SC(=O)N(CC(=O)Nc3ccccc3Cl)C2=O)c(C)n1-c1ccccc1Br. The van der Waals surface area contributed by atoms with Gasteiger partial charge in [-0.05, 0) is 83.5 Å². The minimum Gasteiger partial charge on any atom is -0.323 e. The Hall–Kier alpha value is -2.81. The number of nitrogens with zero attached hydrogens (tertiary/aromatic N) is 2. The molecule has 1 aliphatic heterocycles. The number of imide groups is 1. The monoisotopic (exact) mass is 543 g/mol. The highest BCUT2D eigenvalue weighted by molar-refractivity contribution is 9.10. The molecule has 0 spiro atoms. The minimum atomic E-state index is -0.501. The van der Waals surface area contributed by atoms with E-state index in [1.54, 1.807) is 30.3 Å². The number of aromatic nitrogens is 1. The first kappa shape index (κ1) is 23.4. The van der Waals surface area contributed by atoms with Gasteiger partial charge >= 0.3 is 0 Å². The Bertz CT molecular complexity index is 1320. The third-order valence-electron chi connectivity index (χ3n) is 5.17. The van der Waals surface area contributed by atoms with E-state index in [4.69, 9.17) is 11.6 Å². The zero-order valence-corrected chi connectivity index (χ0v) is 20.9. The summed E-state index contributed by atoms with van der Waals surface area (Å²) in [5.74, 6) is -0.997. The molecule has 4 rings (SSSR count). The van der Waals surface area contributed by atoms with Crippen molar-refractivity contribution >= 4 is 68.1 Å². The van der Waals surface area contributed by atoms with Crippen LogP contribution in [-0.2, 0) is 9.59 Å². The zero-order valence-electron chi connectivity index (χ0n) is 17.8. The van der Waals surface area contributed by atoms with Crippen molar-refractivity contribution in [3.05, 3.63) is 85.9 Å². The fourth-order valence-electron chi connectivity index (χ4n) is 3.61. The van der Waals surface area contributed by atoms with Gasteiger partial charge in [0.1, 0.15) is 6.54 Å². The van der Waals surface area contributed by atoms with Gasteiger partial charge in [-0.15, -0.1) is 0 Å². The van der Waals surface area contributed by atoms with Crippen LogP contribution in [0.3, 0.4) is 0 Å². The molecule has 9 heteroatoms. The van der Waals surface area contributed by atoms with E-state index >= 15 is 0 Å². The maximum atomic E-state index is 12.9. The number of aryl methyl sites for hydroxylation is 1. The predicted octanol–water partition coefficient (Wildman–Crippen LogP) is 6.19. The number of hydrogen-bond donors (Lipinski definition) is 1. The molecule has 0 atom stereocenters. The average molecular weight is 545 g/mol. The smallest absolute Gasteiger partial charge is 0.294 e. The van der Waals surface area contributed by atoms with Crippen LogP contribution in [0.4, 0.5) is 10.5 Å². The lowest BCUT2D eigenvalue weighted by Crippen LogP contribution is -2.36. The van der Waals surface area contributed by atoms with Gasteiger partial charge in [-0.1, -0.05) is 35.9 Å². The molecule has 2 aromatic carbocycles. The molecule has 1 N–H and O–H groups in total. The first-order valence-corrected chi connectivity index (χ1v) is 12.0. The summed E-state index contributed by atoms with van der Waals surface area (Å²) < 4.78 is 3.03. The van der Waals surface area contributed by atoms with Crippen molar-refractivity contribution in [1.29, 1.82) is 0 Å². The Balaban J connectivity index is 1.55. The Morgan fingerprint density at radius 3 is 2.55 bits per heavy atom. The molecule has 0 saturated carbocycles. The second kappa shape index (κ2) is 9.59. The van der Waals surface area contributed by atoms with Crippen LogP contribution >= 0.6 is 39.3 Å². The number of carbonyl (C=O) groups excluding carboxylic acids is 3. The Labute approximate surface area is 208 Å². The van der Waals surface area contributed by atoms with E-state index in [0.29, 0.717) is 10.7 Å². The van der Waals surface area contributed by atoms with Crippen LogP contribution < -0.4 is 5.32 Å². The van der Waals surface area contributed by atoms with Crippen LogP contribution in [0.25, 0.3) is 11.8 Å². The largest absolute Gasteiger partial charge is 0.323 e. The molecule has 0 radical (unpaired) electrons. The molecular weight excluding hydrogens is 526 g/mol. The molecular formula is C24H19BrClN3O3S. The van der Waals surface area contributed by atoms with E-state index < -0.39 is 17.1 Å². The molecule has 3 amide bonds. The topological polar surface area (TPSA) is 71.4 Å². The van der Waals surface area contributed by atoms with Crippen molar-refractivity contribution in [2.45, 2.75) is 13.8 Å². The third kappa shape index (κ3) is 4.78. The van der Waals surface area contributed by atoms with Gasteiger partial charge in [-0.3, -0.25) is 19.3 Å². The van der Waals surface area contributed by atoms with Crippen LogP contribution in [0.15, 0.2) is 64.0 Å². The summed E-state index contributed by atoms with van der Waals surface area (Å²) in [6.07, 6.45) is 1.70. The number of carbonyl (C=O) groups is 3. The van der Waals surface area contributed by atoms with Crippen LogP contribution in [-0.4, -0.2) is 33.1 Å². The molecule has 33 heavy (non-hydrogen) atoms. The quantitative estimate of drug-likeness (QED) is 0.389. The number of nitrogens with one attached hydrogen (secondary N) is 1. The second-order valence-electron chi connectivity index (χ2n) is 7.41. The van der Waals surface area contributed by atoms with Crippen molar-refractivity contribution in [2.24, 2.45) is 0 Å². The number of halogens is 2. The molecule has 6 nitrogen and oxygen atoms in total. The fourth-order valence-corrected chi connectivity index (χ4v) is 5.09. The van der Waals surface area contributed by atoms with Gasteiger partial charge in [0.25, 0.3) is 11.1 Å². The van der Waals surface area contributed by atoms with Crippen molar-refractivity contribution in [2.75, 3.05) is 11.9 Å². The standard InChI is InChI=1S/C24H19BrClN3O3S/c1-14-11-16(15(2)29(14)20-10-6-3-7-17(20)25)12-21-23(31)28(24(32)33-21)13-22(30)27-19-9-5-4-8-18(19)26/h3-12H,13H2,1-2H3,(H,27,30)/b21-12+. The van der Waals surface area contributed by atoms with Crippen molar-refractivity contribution in [3.8, 4) is 5.69 Å². The molecule has 168 valence electrons. The van der Waals surface area contributed by atoms with Crippen LogP contribution in [0.5, 0.6) is 0 Å². The van der Waals surface area contributed by atoms with Crippen molar-refractivity contribution in [1.82, 2.24) is 9.47 Å². The summed E-state index contributed by atoms with van der Waals surface area (Å²) in [5.41, 5.74) is 4.16. The van der Waals surface area contributed by atoms with Crippen molar-refractivity contribution in [3.63, 3.8) is 0 Å².